The van der Waals surface area contributed by atoms with Crippen molar-refractivity contribution in [3.05, 3.63) is 40.9 Å². The Kier molecular flexibility index (Phi) is 10.6. The molecule has 160 valence electrons. The van der Waals surface area contributed by atoms with Gasteiger partial charge in [0.25, 0.3) is 0 Å². The maximum Gasteiger partial charge on any atom is 0.242 e. The number of amides is 1. The van der Waals surface area contributed by atoms with E-state index in [9.17, 15) is 4.79 Å². The van der Waals surface area contributed by atoms with Crippen molar-refractivity contribution >= 4 is 47.2 Å². The van der Waals surface area contributed by atoms with E-state index in [4.69, 9.17) is 4.98 Å². The number of thiazole rings is 1. The summed E-state index contributed by atoms with van der Waals surface area (Å²) in [7, 11) is 0. The molecule has 2 aromatic rings. The fraction of sp³-hybridized carbons (Fsp3) is 0.476. The van der Waals surface area contributed by atoms with Crippen LogP contribution in [0.25, 0.3) is 10.6 Å². The molecule has 0 unspecified atom stereocenters. The minimum Gasteiger partial charge on any atom is -0.357 e. The van der Waals surface area contributed by atoms with Crippen LogP contribution < -0.4 is 16.0 Å². The molecule has 0 aliphatic rings. The summed E-state index contributed by atoms with van der Waals surface area (Å²) in [6.07, 6.45) is 0.793. The number of nitrogens with one attached hydrogen (secondary N) is 3. The largest absolute Gasteiger partial charge is 0.357 e. The lowest BCUT2D eigenvalue weighted by atomic mass is 10.1. The highest BCUT2D eigenvalue weighted by molar-refractivity contribution is 14.0. The zero-order valence-electron chi connectivity index (χ0n) is 17.8. The molecule has 2 rings (SSSR count). The van der Waals surface area contributed by atoms with Gasteiger partial charge in [-0.3, -0.25) is 4.79 Å². The van der Waals surface area contributed by atoms with Crippen molar-refractivity contribution in [2.24, 2.45) is 4.99 Å². The van der Waals surface area contributed by atoms with Crippen LogP contribution in [0.4, 0.5) is 0 Å². The van der Waals surface area contributed by atoms with Gasteiger partial charge >= 0.3 is 0 Å². The fourth-order valence-electron chi connectivity index (χ4n) is 2.51. The summed E-state index contributed by atoms with van der Waals surface area (Å²) >= 11 is 1.66. The Balaban J connectivity index is 0.00000420. The summed E-state index contributed by atoms with van der Waals surface area (Å²) in [6.45, 7) is 11.5. The number of halogens is 1. The topological polar surface area (TPSA) is 78.4 Å². The standard InChI is InChI=1S/C21H31N5OS.HI/c1-6-22-20(24-13-18(27)26-21(3,4)5)23-12-11-17-14-28-19(25-17)16-9-7-15(2)8-10-16;/h7-10,14H,6,11-13H2,1-5H3,(H,26,27)(H2,22,23,24);1H. The lowest BCUT2D eigenvalue weighted by Crippen LogP contribution is -2.43. The lowest BCUT2D eigenvalue weighted by molar-refractivity contribution is -0.121. The van der Waals surface area contributed by atoms with Crippen molar-refractivity contribution in [3.63, 3.8) is 0 Å². The van der Waals surface area contributed by atoms with Crippen LogP contribution in [-0.2, 0) is 11.2 Å². The Morgan fingerprint density at radius 1 is 1.17 bits per heavy atom. The maximum atomic E-state index is 11.9. The highest BCUT2D eigenvalue weighted by atomic mass is 127. The second kappa shape index (κ2) is 12.1. The van der Waals surface area contributed by atoms with Crippen LogP contribution >= 0.6 is 35.3 Å². The molecule has 0 aliphatic carbocycles. The predicted octanol–water partition coefficient (Wildman–Crippen LogP) is 3.75. The van der Waals surface area contributed by atoms with E-state index >= 15 is 0 Å². The second-order valence-corrected chi connectivity index (χ2v) is 8.54. The van der Waals surface area contributed by atoms with Crippen molar-refractivity contribution in [3.8, 4) is 10.6 Å². The quantitative estimate of drug-likeness (QED) is 0.290. The molecule has 0 aliphatic heterocycles. The van der Waals surface area contributed by atoms with Crippen LogP contribution in [0.2, 0.25) is 0 Å². The Morgan fingerprint density at radius 3 is 2.48 bits per heavy atom. The monoisotopic (exact) mass is 529 g/mol. The molecule has 1 heterocycles. The number of rotatable bonds is 7. The third-order valence-corrected chi connectivity index (χ3v) is 4.70. The van der Waals surface area contributed by atoms with Gasteiger partial charge in [-0.05, 0) is 34.6 Å². The van der Waals surface area contributed by atoms with Crippen molar-refractivity contribution < 1.29 is 4.79 Å². The van der Waals surface area contributed by atoms with Crippen LogP contribution in [0.15, 0.2) is 34.6 Å². The Labute approximate surface area is 195 Å². The number of aromatic nitrogens is 1. The first-order valence-corrected chi connectivity index (χ1v) is 10.5. The minimum atomic E-state index is -0.252. The van der Waals surface area contributed by atoms with Crippen molar-refractivity contribution in [2.45, 2.75) is 46.6 Å². The maximum absolute atomic E-state index is 11.9. The fourth-order valence-corrected chi connectivity index (χ4v) is 3.37. The number of aryl methyl sites for hydroxylation is 1. The summed E-state index contributed by atoms with van der Waals surface area (Å²) in [5.74, 6) is 0.549. The van der Waals surface area contributed by atoms with E-state index in [0.29, 0.717) is 12.5 Å². The van der Waals surface area contributed by atoms with Gasteiger partial charge in [-0.2, -0.15) is 0 Å². The molecule has 1 amide bonds. The molecule has 29 heavy (non-hydrogen) atoms. The molecule has 8 heteroatoms. The van der Waals surface area contributed by atoms with E-state index in [2.05, 4.69) is 57.5 Å². The van der Waals surface area contributed by atoms with E-state index in [1.165, 1.54) is 5.56 Å². The number of carbonyl (C=O) groups is 1. The van der Waals surface area contributed by atoms with Crippen molar-refractivity contribution in [1.82, 2.24) is 20.9 Å². The molecular weight excluding hydrogens is 497 g/mol. The van der Waals surface area contributed by atoms with Gasteiger partial charge in [-0.15, -0.1) is 35.3 Å². The van der Waals surface area contributed by atoms with Crippen LogP contribution in [0.3, 0.4) is 0 Å². The Hall–Kier alpha value is -1.68. The molecule has 0 saturated carbocycles. The Morgan fingerprint density at radius 2 is 1.86 bits per heavy atom. The highest BCUT2D eigenvalue weighted by Gasteiger charge is 2.13. The number of carbonyl (C=O) groups excluding carboxylic acids is 1. The van der Waals surface area contributed by atoms with E-state index in [-0.39, 0.29) is 42.0 Å². The summed E-state index contributed by atoms with van der Waals surface area (Å²) in [5.41, 5.74) is 3.19. The Bertz CT molecular complexity index is 796. The van der Waals surface area contributed by atoms with Gasteiger partial charge in [0.2, 0.25) is 5.91 Å². The van der Waals surface area contributed by atoms with Gasteiger partial charge < -0.3 is 16.0 Å². The first kappa shape index (κ1) is 25.4. The summed E-state index contributed by atoms with van der Waals surface area (Å²) in [5, 5.41) is 12.5. The first-order valence-electron chi connectivity index (χ1n) is 9.61. The smallest absolute Gasteiger partial charge is 0.242 e. The van der Waals surface area contributed by atoms with Gasteiger partial charge in [-0.1, -0.05) is 29.8 Å². The molecule has 0 bridgehead atoms. The van der Waals surface area contributed by atoms with E-state index in [0.717, 1.165) is 29.2 Å². The van der Waals surface area contributed by atoms with Crippen molar-refractivity contribution in [2.75, 3.05) is 19.6 Å². The van der Waals surface area contributed by atoms with E-state index < -0.39 is 0 Å². The highest BCUT2D eigenvalue weighted by Crippen LogP contribution is 2.24. The summed E-state index contributed by atoms with van der Waals surface area (Å²) < 4.78 is 0. The van der Waals surface area contributed by atoms with Crippen LogP contribution in [0.5, 0.6) is 0 Å². The molecule has 0 atom stereocenters. The molecule has 0 radical (unpaired) electrons. The number of hydrogen-bond donors (Lipinski definition) is 3. The normalized spacial score (nSPS) is 11.6. The van der Waals surface area contributed by atoms with Gasteiger partial charge in [0.15, 0.2) is 5.96 Å². The first-order chi connectivity index (χ1) is 13.3. The third kappa shape index (κ3) is 9.58. The zero-order chi connectivity index (χ0) is 20.6. The summed E-state index contributed by atoms with van der Waals surface area (Å²) in [4.78, 5) is 21.0. The molecule has 6 nitrogen and oxygen atoms in total. The van der Waals surface area contributed by atoms with Gasteiger partial charge in [0.1, 0.15) is 11.6 Å². The van der Waals surface area contributed by atoms with E-state index in [1.807, 2.05) is 27.7 Å². The molecule has 0 spiro atoms. The molecule has 1 aromatic carbocycles. The van der Waals surface area contributed by atoms with Gasteiger partial charge in [-0.25, -0.2) is 9.98 Å². The molecule has 0 fully saturated rings. The zero-order valence-corrected chi connectivity index (χ0v) is 21.0. The predicted molar refractivity (Wildman–Crippen MR) is 133 cm³/mol. The van der Waals surface area contributed by atoms with Crippen molar-refractivity contribution in [1.29, 1.82) is 0 Å². The average molecular weight is 529 g/mol. The number of benzene rings is 1. The molecule has 3 N–H and O–H groups in total. The van der Waals surface area contributed by atoms with Crippen LogP contribution in [0.1, 0.15) is 39.0 Å². The van der Waals surface area contributed by atoms with Gasteiger partial charge in [0, 0.05) is 36.0 Å². The average Bonchev–Trinajstić information content (AvgIpc) is 3.07. The van der Waals surface area contributed by atoms with E-state index in [1.54, 1.807) is 11.3 Å². The molecular formula is C21H32IN5OS. The molecule has 0 saturated heterocycles. The summed E-state index contributed by atoms with van der Waals surface area (Å²) in [6, 6.07) is 8.42. The number of aliphatic imine (C=N–C) groups is 1. The lowest BCUT2D eigenvalue weighted by Gasteiger charge is -2.20. The number of hydrogen-bond acceptors (Lipinski definition) is 4. The van der Waals surface area contributed by atoms with Gasteiger partial charge in [0.05, 0.1) is 5.69 Å². The number of guanidine groups is 1. The second-order valence-electron chi connectivity index (χ2n) is 7.68. The van der Waals surface area contributed by atoms with Crippen LogP contribution in [-0.4, -0.2) is 42.0 Å². The SMILES string of the molecule is CCNC(=NCC(=O)NC(C)(C)C)NCCc1csc(-c2ccc(C)cc2)n1.I. The minimum absolute atomic E-state index is 0. The number of nitrogens with zero attached hydrogens (tertiary/aromatic N) is 2. The molecule has 1 aromatic heterocycles. The third-order valence-electron chi connectivity index (χ3n) is 3.76. The van der Waals surface area contributed by atoms with Crippen LogP contribution in [0, 0.1) is 6.92 Å².